The molecule has 6 aromatic rings. The Morgan fingerprint density at radius 1 is 0.473 bits per heavy atom. The molecule has 0 N–H and O–H groups in total. The fourth-order valence-electron chi connectivity index (χ4n) is 9.04. The van der Waals surface area contributed by atoms with Crippen LogP contribution in [-0.2, 0) is 38.6 Å². The van der Waals surface area contributed by atoms with Gasteiger partial charge in [0.15, 0.2) is 19.7 Å². The quantitative estimate of drug-likeness (QED) is 0.0204. The smallest absolute Gasteiger partial charge is 0.187 e. The summed E-state index contributed by atoms with van der Waals surface area (Å²) in [5, 5.41) is -2.26. The van der Waals surface area contributed by atoms with Crippen LogP contribution < -0.4 is 0 Å². The van der Waals surface area contributed by atoms with E-state index in [1.165, 1.54) is 14.2 Å². The Labute approximate surface area is 449 Å². The van der Waals surface area contributed by atoms with Crippen LogP contribution in [0.5, 0.6) is 0 Å². The standard InChI is InChI=1S/C62H68O8S4/c1-47(23-21-25-49-37-41-53(71-5)42-38-49)61(73(63,64)55-31-15-9-16-32-55)59(69-45-67-3)57(51-27-11-7-12-28-51)35-19-20-36-58(52-29-13-8-14-30-52)60(70-46-68-4)62(74(65,66)56-33-17-10-18-34-56)48(2)24-22-26-50-39-43-54(72-6)44-40-50/h7-34,37-44,57-62H,35-36,45-46H2,1-6H3/b20-19+,25-21+,26-22+,47-23+,48-24+. The molecule has 0 heterocycles. The fraction of sp³-hybridized carbons (Fsp3) is 0.258. The molecular formula is C62H68O8S4. The first-order valence-corrected chi connectivity index (χ1v) is 30.0. The van der Waals surface area contributed by atoms with E-state index in [4.69, 9.17) is 18.9 Å². The van der Waals surface area contributed by atoms with Crippen molar-refractivity contribution >= 4 is 55.4 Å². The summed E-state index contributed by atoms with van der Waals surface area (Å²) in [5.41, 5.74) is 4.92. The zero-order chi connectivity index (χ0) is 52.8. The summed E-state index contributed by atoms with van der Waals surface area (Å²) < 4.78 is 84.8. The Morgan fingerprint density at radius 2 is 0.797 bits per heavy atom. The Kier molecular flexibility index (Phi) is 23.0. The Bertz CT molecular complexity index is 2790. The fourth-order valence-corrected chi connectivity index (χ4v) is 13.9. The van der Waals surface area contributed by atoms with E-state index in [0.717, 1.165) is 32.0 Å². The van der Waals surface area contributed by atoms with Crippen LogP contribution >= 0.6 is 23.5 Å². The lowest BCUT2D eigenvalue weighted by molar-refractivity contribution is -0.0789. The van der Waals surface area contributed by atoms with Crippen LogP contribution in [-0.4, -0.2) is 79.9 Å². The number of sulfone groups is 2. The minimum atomic E-state index is -4.07. The van der Waals surface area contributed by atoms with E-state index < -0.39 is 54.2 Å². The summed E-state index contributed by atoms with van der Waals surface area (Å²) in [6.07, 6.45) is 18.4. The van der Waals surface area contributed by atoms with Crippen LogP contribution in [0.3, 0.4) is 0 Å². The molecule has 0 saturated carbocycles. The van der Waals surface area contributed by atoms with Gasteiger partial charge in [0.2, 0.25) is 0 Å². The summed E-state index contributed by atoms with van der Waals surface area (Å²) in [6, 6.07) is 53.0. The molecule has 0 saturated heterocycles. The normalized spacial score (nSPS) is 15.3. The highest BCUT2D eigenvalue weighted by Gasteiger charge is 2.43. The van der Waals surface area contributed by atoms with Crippen molar-refractivity contribution in [2.75, 3.05) is 40.3 Å². The summed E-state index contributed by atoms with van der Waals surface area (Å²) in [5.74, 6) is -0.985. The zero-order valence-electron chi connectivity index (χ0n) is 43.0. The second-order valence-electron chi connectivity index (χ2n) is 17.7. The number of benzene rings is 6. The molecule has 6 unspecified atom stereocenters. The minimum absolute atomic E-state index is 0.151. The predicted octanol–water partition coefficient (Wildman–Crippen LogP) is 14.3. The first-order valence-electron chi connectivity index (χ1n) is 24.4. The van der Waals surface area contributed by atoms with E-state index in [9.17, 15) is 0 Å². The van der Waals surface area contributed by atoms with E-state index in [0.29, 0.717) is 24.0 Å². The average Bonchev–Trinajstić information content (AvgIpc) is 3.43. The van der Waals surface area contributed by atoms with Gasteiger partial charge in [-0.15, -0.1) is 23.5 Å². The van der Waals surface area contributed by atoms with Crippen molar-refractivity contribution in [3.63, 3.8) is 0 Å². The SMILES string of the molecule is COCOC(C(C/C=C/CC(c1ccccc1)C(OCOC)C(/C(C)=C/C=C/c1ccc(SC)cc1)S(=O)(=O)c1ccccc1)c1ccccc1)C(/C(C)=C/C=C/c1ccc(SC)cc1)S(=O)(=O)c1ccccc1. The minimum Gasteiger partial charge on any atom is -0.359 e. The highest BCUT2D eigenvalue weighted by Crippen LogP contribution is 2.39. The third kappa shape index (κ3) is 16.0. The Morgan fingerprint density at radius 3 is 1.11 bits per heavy atom. The van der Waals surface area contributed by atoms with Gasteiger partial charge in [0, 0.05) is 35.8 Å². The molecule has 0 fully saturated rings. The van der Waals surface area contributed by atoms with Gasteiger partial charge in [-0.25, -0.2) is 16.8 Å². The maximum atomic E-state index is 15.1. The number of methoxy groups -OCH3 is 2. The van der Waals surface area contributed by atoms with Crippen LogP contribution in [0.2, 0.25) is 0 Å². The number of hydrogen-bond acceptors (Lipinski definition) is 10. The molecule has 74 heavy (non-hydrogen) atoms. The third-order valence-corrected chi connectivity index (χ3v) is 18.7. The predicted molar refractivity (Wildman–Crippen MR) is 307 cm³/mol. The van der Waals surface area contributed by atoms with Crippen LogP contribution in [0.1, 0.15) is 60.8 Å². The van der Waals surface area contributed by atoms with E-state index in [2.05, 4.69) is 24.3 Å². The van der Waals surface area contributed by atoms with Crippen molar-refractivity contribution in [2.24, 2.45) is 0 Å². The molecule has 0 radical (unpaired) electrons. The van der Waals surface area contributed by atoms with Crippen molar-refractivity contribution in [1.29, 1.82) is 0 Å². The summed E-state index contributed by atoms with van der Waals surface area (Å²) in [6.45, 7) is 3.38. The maximum Gasteiger partial charge on any atom is 0.187 e. The maximum absolute atomic E-state index is 15.1. The largest absolute Gasteiger partial charge is 0.359 e. The highest BCUT2D eigenvalue weighted by atomic mass is 32.2. The van der Waals surface area contributed by atoms with Crippen LogP contribution in [0.25, 0.3) is 12.2 Å². The van der Waals surface area contributed by atoms with Gasteiger partial charge in [0.05, 0.1) is 22.0 Å². The second kappa shape index (κ2) is 29.5. The number of thioether (sulfide) groups is 2. The Hall–Kier alpha value is -5.54. The van der Waals surface area contributed by atoms with Gasteiger partial charge in [-0.3, -0.25) is 0 Å². The summed E-state index contributed by atoms with van der Waals surface area (Å²) in [7, 11) is -5.10. The molecule has 6 atom stereocenters. The van der Waals surface area contributed by atoms with Crippen molar-refractivity contribution in [2.45, 2.75) is 80.8 Å². The third-order valence-electron chi connectivity index (χ3n) is 12.8. The van der Waals surface area contributed by atoms with E-state index in [1.807, 2.05) is 160 Å². The number of rotatable bonds is 28. The van der Waals surface area contributed by atoms with Crippen molar-refractivity contribution in [3.05, 3.63) is 240 Å². The average molecular weight is 1070 g/mol. The van der Waals surface area contributed by atoms with Gasteiger partial charge in [-0.1, -0.05) is 181 Å². The van der Waals surface area contributed by atoms with Gasteiger partial charge in [-0.05, 0) is 110 Å². The lowest BCUT2D eigenvalue weighted by Gasteiger charge is -2.34. The van der Waals surface area contributed by atoms with Crippen molar-refractivity contribution in [3.8, 4) is 0 Å². The molecule has 8 nitrogen and oxygen atoms in total. The lowest BCUT2D eigenvalue weighted by Crippen LogP contribution is -2.42. The topological polar surface area (TPSA) is 105 Å². The molecule has 0 spiro atoms. The molecule has 6 aromatic carbocycles. The van der Waals surface area contributed by atoms with Crippen LogP contribution in [0.15, 0.2) is 237 Å². The molecule has 388 valence electrons. The monoisotopic (exact) mass is 1070 g/mol. The molecule has 0 aliphatic heterocycles. The van der Waals surface area contributed by atoms with E-state index in [1.54, 1.807) is 84.2 Å². The first kappa shape index (κ1) is 57.7. The van der Waals surface area contributed by atoms with E-state index >= 15 is 16.8 Å². The molecule has 0 bridgehead atoms. The van der Waals surface area contributed by atoms with Crippen molar-refractivity contribution < 1.29 is 35.8 Å². The van der Waals surface area contributed by atoms with Gasteiger partial charge in [0.1, 0.15) is 24.1 Å². The number of allylic oxidation sites excluding steroid dienone is 6. The van der Waals surface area contributed by atoms with Gasteiger partial charge < -0.3 is 18.9 Å². The number of hydrogen-bond donors (Lipinski definition) is 0. The lowest BCUT2D eigenvalue weighted by atomic mass is 9.84. The van der Waals surface area contributed by atoms with Crippen LogP contribution in [0, 0.1) is 0 Å². The molecule has 0 aromatic heterocycles. The zero-order valence-corrected chi connectivity index (χ0v) is 46.2. The molecule has 0 aliphatic carbocycles. The summed E-state index contributed by atoms with van der Waals surface area (Å²) in [4.78, 5) is 2.66. The molecular weight excluding hydrogens is 1000 g/mol. The van der Waals surface area contributed by atoms with E-state index in [-0.39, 0.29) is 23.4 Å². The van der Waals surface area contributed by atoms with Gasteiger partial charge >= 0.3 is 0 Å². The number of ether oxygens (including phenoxy) is 4. The summed E-state index contributed by atoms with van der Waals surface area (Å²) >= 11 is 3.34. The molecule has 12 heteroatoms. The second-order valence-corrected chi connectivity index (χ2v) is 23.6. The van der Waals surface area contributed by atoms with Gasteiger partial charge in [0.25, 0.3) is 0 Å². The van der Waals surface area contributed by atoms with Crippen LogP contribution in [0.4, 0.5) is 0 Å². The highest BCUT2D eigenvalue weighted by molar-refractivity contribution is 7.98. The molecule has 6 rings (SSSR count). The molecule has 0 amide bonds. The first-order chi connectivity index (χ1) is 35.9. The van der Waals surface area contributed by atoms with Gasteiger partial charge in [-0.2, -0.15) is 0 Å². The molecule has 0 aliphatic rings. The van der Waals surface area contributed by atoms with Crippen molar-refractivity contribution in [1.82, 2.24) is 0 Å². The Balaban J connectivity index is 1.43.